The Hall–Kier alpha value is -1.10. The van der Waals surface area contributed by atoms with E-state index in [0.717, 1.165) is 17.8 Å². The van der Waals surface area contributed by atoms with Crippen LogP contribution in [-0.2, 0) is 9.59 Å². The quantitative estimate of drug-likeness (QED) is 0.740. The lowest BCUT2D eigenvalue weighted by molar-refractivity contribution is -0.128. The zero-order chi connectivity index (χ0) is 18.2. The summed E-state index contributed by atoms with van der Waals surface area (Å²) < 4.78 is 0. The van der Waals surface area contributed by atoms with Crippen LogP contribution in [0.1, 0.15) is 59.3 Å². The highest BCUT2D eigenvalue weighted by atomic mass is 16.2. The van der Waals surface area contributed by atoms with E-state index in [2.05, 4.69) is 17.6 Å². The average Bonchev–Trinajstić information content (AvgIpc) is 2.43. The predicted octanol–water partition coefficient (Wildman–Crippen LogP) is 2.16. The molecule has 0 unspecified atom stereocenters. The zero-order valence-electron chi connectivity index (χ0n) is 16.3. The van der Waals surface area contributed by atoms with E-state index in [1.54, 1.807) is 4.90 Å². The molecule has 4 rings (SSSR count). The van der Waals surface area contributed by atoms with Crippen LogP contribution in [0.4, 0.5) is 0 Å². The van der Waals surface area contributed by atoms with Crippen molar-refractivity contribution in [2.75, 3.05) is 20.1 Å². The molecule has 2 N–H and O–H groups in total. The lowest BCUT2D eigenvalue weighted by Crippen LogP contribution is -2.56. The lowest BCUT2D eigenvalue weighted by Gasteiger charge is -2.59. The summed E-state index contributed by atoms with van der Waals surface area (Å²) in [6.07, 6.45) is 8.17. The molecule has 4 bridgehead atoms. The topological polar surface area (TPSA) is 61.4 Å². The van der Waals surface area contributed by atoms with Crippen molar-refractivity contribution in [2.24, 2.45) is 23.2 Å². The van der Waals surface area contributed by atoms with Crippen molar-refractivity contribution in [3.05, 3.63) is 0 Å². The molecular weight excluding hydrogens is 314 g/mol. The lowest BCUT2D eigenvalue weighted by atomic mass is 9.48. The summed E-state index contributed by atoms with van der Waals surface area (Å²) in [6.45, 7) is 6.63. The standard InChI is InChI=1S/C20H35N3O2/c1-13(2)21-18(24)11-23(4)12-19(25)22-14(3)20-8-15-5-16(9-20)7-17(6-15)10-20/h13-17H,5-12H2,1-4H3,(H,21,24)(H,22,25)/t14-,15?,16?,17?,20?/m1/s1. The molecule has 0 heterocycles. The van der Waals surface area contributed by atoms with Crippen LogP contribution in [0.5, 0.6) is 0 Å². The minimum Gasteiger partial charge on any atom is -0.353 e. The molecule has 5 nitrogen and oxygen atoms in total. The van der Waals surface area contributed by atoms with Gasteiger partial charge in [-0.25, -0.2) is 0 Å². The summed E-state index contributed by atoms with van der Waals surface area (Å²) in [6, 6.07) is 0.372. The number of carbonyl (C=O) groups excluding carboxylic acids is 2. The van der Waals surface area contributed by atoms with E-state index in [4.69, 9.17) is 0 Å². The molecule has 0 aromatic heterocycles. The minimum atomic E-state index is -0.0283. The molecule has 4 saturated carbocycles. The summed E-state index contributed by atoms with van der Waals surface area (Å²) in [4.78, 5) is 26.1. The van der Waals surface area contributed by atoms with E-state index in [1.807, 2.05) is 20.9 Å². The number of hydrogen-bond acceptors (Lipinski definition) is 3. The van der Waals surface area contributed by atoms with E-state index in [1.165, 1.54) is 38.5 Å². The van der Waals surface area contributed by atoms with Crippen LogP contribution in [0.25, 0.3) is 0 Å². The molecule has 1 atom stereocenters. The maximum Gasteiger partial charge on any atom is 0.234 e. The number of nitrogens with zero attached hydrogens (tertiary/aromatic N) is 1. The first-order chi connectivity index (χ1) is 11.8. The maximum atomic E-state index is 12.5. The molecule has 0 spiro atoms. The Kier molecular flexibility index (Phi) is 5.42. The summed E-state index contributed by atoms with van der Waals surface area (Å²) in [5.41, 5.74) is 0.331. The summed E-state index contributed by atoms with van der Waals surface area (Å²) in [5, 5.41) is 6.13. The zero-order valence-corrected chi connectivity index (χ0v) is 16.3. The van der Waals surface area contributed by atoms with Crippen LogP contribution in [0.2, 0.25) is 0 Å². The van der Waals surface area contributed by atoms with Gasteiger partial charge in [0.2, 0.25) is 11.8 Å². The molecule has 4 aliphatic rings. The SMILES string of the molecule is CC(C)NC(=O)CN(C)CC(=O)N[C@H](C)C12CC3CC(CC(C3)C1)C2. The van der Waals surface area contributed by atoms with Crippen molar-refractivity contribution >= 4 is 11.8 Å². The van der Waals surface area contributed by atoms with Gasteiger partial charge in [-0.15, -0.1) is 0 Å². The van der Waals surface area contributed by atoms with Crippen LogP contribution in [-0.4, -0.2) is 48.9 Å². The second-order valence-electron chi connectivity index (χ2n) is 9.46. The third-order valence-electron chi connectivity index (χ3n) is 6.66. The fourth-order valence-corrected chi connectivity index (χ4v) is 6.06. The van der Waals surface area contributed by atoms with Gasteiger partial charge in [0.05, 0.1) is 13.1 Å². The molecule has 0 aromatic carbocycles. The van der Waals surface area contributed by atoms with Gasteiger partial charge in [-0.3, -0.25) is 14.5 Å². The average molecular weight is 350 g/mol. The van der Waals surface area contributed by atoms with Gasteiger partial charge >= 0.3 is 0 Å². The summed E-state index contributed by atoms with van der Waals surface area (Å²) in [5.74, 6) is 2.71. The highest BCUT2D eigenvalue weighted by molar-refractivity contribution is 5.81. The first-order valence-electron chi connectivity index (χ1n) is 10.0. The van der Waals surface area contributed by atoms with Crippen molar-refractivity contribution in [3.63, 3.8) is 0 Å². The predicted molar refractivity (Wildman–Crippen MR) is 99.0 cm³/mol. The van der Waals surface area contributed by atoms with Crippen LogP contribution in [0.3, 0.4) is 0 Å². The third kappa shape index (κ3) is 4.36. The molecule has 5 heteroatoms. The van der Waals surface area contributed by atoms with E-state index in [9.17, 15) is 9.59 Å². The Labute approximate surface area is 152 Å². The van der Waals surface area contributed by atoms with Crippen molar-refractivity contribution in [1.82, 2.24) is 15.5 Å². The van der Waals surface area contributed by atoms with Crippen molar-refractivity contribution in [3.8, 4) is 0 Å². The highest BCUT2D eigenvalue weighted by Crippen LogP contribution is 2.61. The number of amides is 2. The third-order valence-corrected chi connectivity index (χ3v) is 6.66. The van der Waals surface area contributed by atoms with Gasteiger partial charge in [0.25, 0.3) is 0 Å². The Balaban J connectivity index is 1.48. The smallest absolute Gasteiger partial charge is 0.234 e. The van der Waals surface area contributed by atoms with E-state index in [-0.39, 0.29) is 37.0 Å². The normalized spacial score (nSPS) is 34.4. The second kappa shape index (κ2) is 7.26. The monoisotopic (exact) mass is 349 g/mol. The van der Waals surface area contributed by atoms with Gasteiger partial charge < -0.3 is 10.6 Å². The Morgan fingerprint density at radius 2 is 1.36 bits per heavy atom. The number of carbonyl (C=O) groups is 2. The minimum absolute atomic E-state index is 0.0283. The summed E-state index contributed by atoms with van der Waals surface area (Å²) in [7, 11) is 1.83. The maximum absolute atomic E-state index is 12.5. The highest BCUT2D eigenvalue weighted by Gasteiger charge is 2.53. The molecule has 25 heavy (non-hydrogen) atoms. The fraction of sp³-hybridized carbons (Fsp3) is 0.900. The number of rotatable bonds is 7. The van der Waals surface area contributed by atoms with Gasteiger partial charge in [0.1, 0.15) is 0 Å². The van der Waals surface area contributed by atoms with Crippen LogP contribution in [0, 0.1) is 23.2 Å². The Morgan fingerprint density at radius 3 is 1.80 bits per heavy atom. The first kappa shape index (κ1) is 18.7. The van der Waals surface area contributed by atoms with E-state index in [0.29, 0.717) is 5.41 Å². The first-order valence-corrected chi connectivity index (χ1v) is 10.0. The Morgan fingerprint density at radius 1 is 0.920 bits per heavy atom. The second-order valence-corrected chi connectivity index (χ2v) is 9.46. The molecular formula is C20H35N3O2. The van der Waals surface area contributed by atoms with Gasteiger partial charge in [-0.1, -0.05) is 0 Å². The van der Waals surface area contributed by atoms with Crippen molar-refractivity contribution in [2.45, 2.75) is 71.4 Å². The molecule has 2 amide bonds. The largest absolute Gasteiger partial charge is 0.353 e. The molecule has 0 saturated heterocycles. The number of hydrogen-bond donors (Lipinski definition) is 2. The number of nitrogens with one attached hydrogen (secondary N) is 2. The molecule has 4 aliphatic carbocycles. The molecule has 0 radical (unpaired) electrons. The number of likely N-dealkylation sites (N-methyl/N-ethyl adjacent to an activating group) is 1. The van der Waals surface area contributed by atoms with Crippen molar-refractivity contribution < 1.29 is 9.59 Å². The molecule has 4 fully saturated rings. The summed E-state index contributed by atoms with van der Waals surface area (Å²) >= 11 is 0. The van der Waals surface area contributed by atoms with Gasteiger partial charge in [0, 0.05) is 12.1 Å². The van der Waals surface area contributed by atoms with Crippen LogP contribution in [0.15, 0.2) is 0 Å². The van der Waals surface area contributed by atoms with Gasteiger partial charge in [-0.2, -0.15) is 0 Å². The van der Waals surface area contributed by atoms with Crippen LogP contribution >= 0.6 is 0 Å². The molecule has 0 aromatic rings. The van der Waals surface area contributed by atoms with E-state index >= 15 is 0 Å². The fourth-order valence-electron chi connectivity index (χ4n) is 6.06. The Bertz CT molecular complexity index is 482. The van der Waals surface area contributed by atoms with Gasteiger partial charge in [0.15, 0.2) is 0 Å². The van der Waals surface area contributed by atoms with Crippen LogP contribution < -0.4 is 10.6 Å². The van der Waals surface area contributed by atoms with E-state index < -0.39 is 0 Å². The van der Waals surface area contributed by atoms with Crippen molar-refractivity contribution in [1.29, 1.82) is 0 Å². The molecule has 0 aliphatic heterocycles. The van der Waals surface area contributed by atoms with Gasteiger partial charge in [-0.05, 0) is 89.5 Å². The molecule has 142 valence electrons.